The fourth-order valence-electron chi connectivity index (χ4n) is 2.40. The van der Waals surface area contributed by atoms with Crippen LogP contribution in [0.15, 0.2) is 0 Å². The lowest BCUT2D eigenvalue weighted by Crippen LogP contribution is -2.48. The maximum atomic E-state index is 12.4. The predicted molar refractivity (Wildman–Crippen MR) is 88.4 cm³/mol. The summed E-state index contributed by atoms with van der Waals surface area (Å²) in [5.41, 5.74) is 0. The van der Waals surface area contributed by atoms with Crippen LogP contribution in [0.2, 0.25) is 0 Å². The van der Waals surface area contributed by atoms with E-state index in [1.54, 1.807) is 0 Å². The van der Waals surface area contributed by atoms with Gasteiger partial charge < -0.3 is 10.2 Å². The molecule has 2 N–H and O–H groups in total. The van der Waals surface area contributed by atoms with Gasteiger partial charge in [0.2, 0.25) is 11.8 Å². The third-order valence-electron chi connectivity index (χ3n) is 3.75. The summed E-state index contributed by atoms with van der Waals surface area (Å²) in [4.78, 5) is 47.8. The van der Waals surface area contributed by atoms with Crippen LogP contribution >= 0.6 is 0 Å². The minimum absolute atomic E-state index is 0.101. The van der Waals surface area contributed by atoms with E-state index >= 15 is 0 Å². The third kappa shape index (κ3) is 8.64. The smallest absolute Gasteiger partial charge is 0.326 e. The molecule has 0 aliphatic carbocycles. The van der Waals surface area contributed by atoms with Crippen molar-refractivity contribution in [2.24, 2.45) is 0 Å². The fraction of sp³-hybridized carbons (Fsp3) is 0.765. The Morgan fingerprint density at radius 2 is 1.25 bits per heavy atom. The molecule has 0 radical (unpaired) electrons. The molecule has 0 aliphatic heterocycles. The topological polar surface area (TPSA) is 112 Å². The van der Waals surface area contributed by atoms with E-state index in [0.717, 1.165) is 30.6 Å². The number of amides is 2. The van der Waals surface area contributed by atoms with E-state index in [-0.39, 0.29) is 19.3 Å². The van der Waals surface area contributed by atoms with Gasteiger partial charge in [-0.15, -0.1) is 0 Å². The molecule has 0 unspecified atom stereocenters. The van der Waals surface area contributed by atoms with E-state index in [4.69, 9.17) is 5.11 Å². The molecule has 0 bridgehead atoms. The number of hydrogen-bond donors (Lipinski definition) is 2. The molecule has 24 heavy (non-hydrogen) atoms. The predicted octanol–water partition coefficient (Wildman–Crippen LogP) is 2.82. The van der Waals surface area contributed by atoms with Crippen LogP contribution in [0.5, 0.6) is 0 Å². The highest BCUT2D eigenvalue weighted by molar-refractivity contribution is 5.99. The molecule has 138 valence electrons. The summed E-state index contributed by atoms with van der Waals surface area (Å²) in [6.45, 7) is 3.95. The Morgan fingerprint density at radius 1 is 0.792 bits per heavy atom. The number of carboxylic acids is 2. The zero-order valence-corrected chi connectivity index (χ0v) is 14.6. The first kappa shape index (κ1) is 22.1. The average Bonchev–Trinajstić information content (AvgIpc) is 2.50. The molecule has 0 saturated heterocycles. The minimum Gasteiger partial charge on any atom is -0.481 e. The highest BCUT2D eigenvalue weighted by atomic mass is 16.4. The van der Waals surface area contributed by atoms with Crippen molar-refractivity contribution in [2.45, 2.75) is 84.1 Å². The maximum absolute atomic E-state index is 12.4. The SMILES string of the molecule is CCCCCC(=O)N(C(=O)CCCCC)[C@@H](CCC(=O)O)C(=O)O. The lowest BCUT2D eigenvalue weighted by Gasteiger charge is -2.27. The summed E-state index contributed by atoms with van der Waals surface area (Å²) >= 11 is 0. The van der Waals surface area contributed by atoms with Crippen molar-refractivity contribution >= 4 is 23.8 Å². The van der Waals surface area contributed by atoms with Gasteiger partial charge in [0.15, 0.2) is 0 Å². The van der Waals surface area contributed by atoms with Gasteiger partial charge in [0.25, 0.3) is 0 Å². The van der Waals surface area contributed by atoms with Crippen molar-refractivity contribution in [3.05, 3.63) is 0 Å². The second-order valence-corrected chi connectivity index (χ2v) is 5.86. The standard InChI is InChI=1S/C17H29NO6/c1-3-5-7-9-14(19)18(15(20)10-8-6-4-2)13(17(23)24)11-12-16(21)22/h13H,3-12H2,1-2H3,(H,21,22)(H,23,24)/t13-/m0/s1. The molecule has 0 aromatic heterocycles. The zero-order chi connectivity index (χ0) is 18.5. The van der Waals surface area contributed by atoms with Crippen molar-refractivity contribution < 1.29 is 29.4 Å². The van der Waals surface area contributed by atoms with E-state index in [1.165, 1.54) is 0 Å². The second-order valence-electron chi connectivity index (χ2n) is 5.86. The number of nitrogens with zero attached hydrogens (tertiary/aromatic N) is 1. The molecular formula is C17H29NO6. The Balaban J connectivity index is 5.14. The Labute approximate surface area is 143 Å². The summed E-state index contributed by atoms with van der Waals surface area (Å²) in [5, 5.41) is 18.1. The Morgan fingerprint density at radius 3 is 1.58 bits per heavy atom. The van der Waals surface area contributed by atoms with Gasteiger partial charge in [-0.25, -0.2) is 4.79 Å². The molecule has 0 rings (SSSR count). The Hall–Kier alpha value is -1.92. The molecule has 0 aromatic carbocycles. The summed E-state index contributed by atoms with van der Waals surface area (Å²) in [7, 11) is 0. The maximum Gasteiger partial charge on any atom is 0.326 e. The van der Waals surface area contributed by atoms with Crippen LogP contribution in [-0.4, -0.2) is 44.9 Å². The van der Waals surface area contributed by atoms with Crippen LogP contribution in [-0.2, 0) is 19.2 Å². The van der Waals surface area contributed by atoms with Crippen LogP contribution in [0, 0.1) is 0 Å². The van der Waals surface area contributed by atoms with E-state index in [9.17, 15) is 24.3 Å². The van der Waals surface area contributed by atoms with Gasteiger partial charge in [-0.2, -0.15) is 0 Å². The minimum atomic E-state index is -1.41. The summed E-state index contributed by atoms with van der Waals surface area (Å²) in [6.07, 6.45) is 4.12. The molecule has 2 amide bonds. The number of carbonyl (C=O) groups is 4. The van der Waals surface area contributed by atoms with E-state index in [0.29, 0.717) is 12.8 Å². The number of carboxylic acid groups (broad SMARTS) is 2. The zero-order valence-electron chi connectivity index (χ0n) is 14.6. The first-order chi connectivity index (χ1) is 11.3. The first-order valence-electron chi connectivity index (χ1n) is 8.64. The quantitative estimate of drug-likeness (QED) is 0.497. The van der Waals surface area contributed by atoms with E-state index in [2.05, 4.69) is 0 Å². The number of imide groups is 1. The summed E-state index contributed by atoms with van der Waals surface area (Å²) in [5.74, 6) is -3.55. The van der Waals surface area contributed by atoms with Gasteiger partial charge in [0, 0.05) is 19.3 Å². The Bertz CT molecular complexity index is 413. The number of hydrogen-bond acceptors (Lipinski definition) is 4. The lowest BCUT2D eigenvalue weighted by molar-refractivity contribution is -0.159. The highest BCUT2D eigenvalue weighted by Crippen LogP contribution is 2.15. The second kappa shape index (κ2) is 12.5. The number of aliphatic carboxylic acids is 2. The van der Waals surface area contributed by atoms with Gasteiger partial charge in [-0.3, -0.25) is 19.3 Å². The molecule has 0 heterocycles. The van der Waals surface area contributed by atoms with Crippen molar-refractivity contribution in [2.75, 3.05) is 0 Å². The van der Waals surface area contributed by atoms with Crippen molar-refractivity contribution in [1.82, 2.24) is 4.90 Å². The van der Waals surface area contributed by atoms with E-state index < -0.39 is 36.2 Å². The van der Waals surface area contributed by atoms with Crippen molar-refractivity contribution in [3.63, 3.8) is 0 Å². The van der Waals surface area contributed by atoms with Gasteiger partial charge in [0.1, 0.15) is 6.04 Å². The molecule has 7 nitrogen and oxygen atoms in total. The van der Waals surface area contributed by atoms with Gasteiger partial charge in [-0.05, 0) is 19.3 Å². The third-order valence-corrected chi connectivity index (χ3v) is 3.75. The molecule has 0 aliphatic rings. The van der Waals surface area contributed by atoms with Crippen LogP contribution in [0.4, 0.5) is 0 Å². The first-order valence-corrected chi connectivity index (χ1v) is 8.64. The number of unbranched alkanes of at least 4 members (excludes halogenated alkanes) is 4. The average molecular weight is 343 g/mol. The van der Waals surface area contributed by atoms with Crippen LogP contribution < -0.4 is 0 Å². The molecule has 7 heteroatoms. The normalized spacial score (nSPS) is 11.8. The molecule has 0 saturated carbocycles. The van der Waals surface area contributed by atoms with Crippen LogP contribution in [0.25, 0.3) is 0 Å². The molecule has 1 atom stereocenters. The van der Waals surface area contributed by atoms with Gasteiger partial charge >= 0.3 is 11.9 Å². The fourth-order valence-corrected chi connectivity index (χ4v) is 2.40. The van der Waals surface area contributed by atoms with Crippen molar-refractivity contribution in [1.29, 1.82) is 0 Å². The van der Waals surface area contributed by atoms with Crippen LogP contribution in [0.1, 0.15) is 78.1 Å². The lowest BCUT2D eigenvalue weighted by atomic mass is 10.1. The van der Waals surface area contributed by atoms with Gasteiger partial charge in [0.05, 0.1) is 0 Å². The highest BCUT2D eigenvalue weighted by Gasteiger charge is 2.34. The van der Waals surface area contributed by atoms with E-state index in [1.807, 2.05) is 13.8 Å². The van der Waals surface area contributed by atoms with Crippen molar-refractivity contribution in [3.8, 4) is 0 Å². The van der Waals surface area contributed by atoms with Crippen LogP contribution in [0.3, 0.4) is 0 Å². The van der Waals surface area contributed by atoms with Gasteiger partial charge in [-0.1, -0.05) is 39.5 Å². The monoisotopic (exact) mass is 343 g/mol. The summed E-state index contributed by atoms with van der Waals surface area (Å²) < 4.78 is 0. The molecule has 0 spiro atoms. The summed E-state index contributed by atoms with van der Waals surface area (Å²) in [6, 6.07) is -1.41. The molecule has 0 fully saturated rings. The number of carbonyl (C=O) groups excluding carboxylic acids is 2. The molecule has 0 aromatic rings. The largest absolute Gasteiger partial charge is 0.481 e. The Kier molecular flexibility index (Phi) is 11.5. The molecular weight excluding hydrogens is 314 g/mol. The number of rotatable bonds is 13.